The molecule has 0 atom stereocenters. The molecule has 0 aliphatic carbocycles. The topological polar surface area (TPSA) is 79.0 Å². The predicted molar refractivity (Wildman–Crippen MR) is 151 cm³/mol. The van der Waals surface area contributed by atoms with Gasteiger partial charge >= 0.3 is 0 Å². The molecular weight excluding hydrogens is 498 g/mol. The summed E-state index contributed by atoms with van der Waals surface area (Å²) in [7, 11) is -2.45. The number of carbonyl (C=O) groups is 1. The van der Waals surface area contributed by atoms with Gasteiger partial charge in [0.25, 0.3) is 15.9 Å². The number of amides is 1. The molecule has 1 N–H and O–H groups in total. The third-order valence-electron chi connectivity index (χ3n) is 7.05. The largest absolute Gasteiger partial charge is 0.497 e. The van der Waals surface area contributed by atoms with Crippen LogP contribution in [0.25, 0.3) is 0 Å². The van der Waals surface area contributed by atoms with Crippen molar-refractivity contribution in [2.24, 2.45) is 5.92 Å². The fourth-order valence-electron chi connectivity index (χ4n) is 4.69. The molecule has 0 bridgehead atoms. The zero-order valence-corrected chi connectivity index (χ0v) is 23.0. The van der Waals surface area contributed by atoms with Crippen LogP contribution in [0.4, 0.5) is 5.69 Å². The van der Waals surface area contributed by atoms with Gasteiger partial charge < -0.3 is 15.0 Å². The van der Waals surface area contributed by atoms with Gasteiger partial charge in [-0.1, -0.05) is 49.4 Å². The van der Waals surface area contributed by atoms with Crippen LogP contribution < -0.4 is 14.4 Å². The molecule has 0 saturated carbocycles. The fourth-order valence-corrected chi connectivity index (χ4v) is 6.16. The highest BCUT2D eigenvalue weighted by Crippen LogP contribution is 2.30. The number of anilines is 1. The first-order valence-corrected chi connectivity index (χ1v) is 14.6. The molecule has 1 amide bonds. The summed E-state index contributed by atoms with van der Waals surface area (Å²) in [5.41, 5.74) is 1.48. The first kappa shape index (κ1) is 27.7. The number of ether oxygens (including phenoxy) is 1. The SMILES string of the molecule is COc1ccc(S(=O)(=O)N(Cc2ccccc2)c2ccccc2C(=O)NCCCN2CCC(C)CC2)cc1. The first-order chi connectivity index (χ1) is 18.4. The van der Waals surface area contributed by atoms with Gasteiger partial charge in [0.05, 0.1) is 29.8 Å². The number of methoxy groups -OCH3 is 1. The van der Waals surface area contributed by atoms with Crippen LogP contribution in [0.5, 0.6) is 5.75 Å². The number of sulfonamides is 1. The Balaban J connectivity index is 1.55. The number of nitrogens with one attached hydrogen (secondary N) is 1. The smallest absolute Gasteiger partial charge is 0.264 e. The Kier molecular flexibility index (Phi) is 9.42. The van der Waals surface area contributed by atoms with Gasteiger partial charge in [-0.25, -0.2) is 8.42 Å². The van der Waals surface area contributed by atoms with Crippen molar-refractivity contribution in [3.05, 3.63) is 90.0 Å². The monoisotopic (exact) mass is 535 g/mol. The van der Waals surface area contributed by atoms with Gasteiger partial charge in [-0.05, 0) is 86.8 Å². The minimum absolute atomic E-state index is 0.0902. The number of hydrogen-bond acceptors (Lipinski definition) is 5. The molecule has 1 fully saturated rings. The lowest BCUT2D eigenvalue weighted by Crippen LogP contribution is -2.36. The molecule has 0 unspecified atom stereocenters. The molecule has 8 heteroatoms. The van der Waals surface area contributed by atoms with E-state index in [0.717, 1.165) is 37.5 Å². The Bertz CT molecular complexity index is 1290. The number of benzene rings is 3. The zero-order chi connectivity index (χ0) is 27.0. The second-order valence-electron chi connectivity index (χ2n) is 9.82. The molecule has 0 spiro atoms. The maximum absolute atomic E-state index is 13.9. The highest BCUT2D eigenvalue weighted by molar-refractivity contribution is 7.92. The van der Waals surface area contributed by atoms with Crippen molar-refractivity contribution in [2.45, 2.75) is 37.6 Å². The predicted octanol–water partition coefficient (Wildman–Crippen LogP) is 4.94. The summed E-state index contributed by atoms with van der Waals surface area (Å²) in [5, 5.41) is 3.01. The quantitative estimate of drug-likeness (QED) is 0.352. The van der Waals surface area contributed by atoms with Gasteiger partial charge in [0.15, 0.2) is 0 Å². The average molecular weight is 536 g/mol. The number of carbonyl (C=O) groups excluding carboxylic acids is 1. The van der Waals surface area contributed by atoms with E-state index >= 15 is 0 Å². The number of likely N-dealkylation sites (tertiary alicyclic amines) is 1. The van der Waals surface area contributed by atoms with Gasteiger partial charge in [-0.2, -0.15) is 0 Å². The molecular formula is C30H37N3O4S. The Morgan fingerprint density at radius 1 is 0.974 bits per heavy atom. The van der Waals surface area contributed by atoms with E-state index in [2.05, 4.69) is 17.1 Å². The Morgan fingerprint density at radius 3 is 2.32 bits per heavy atom. The summed E-state index contributed by atoms with van der Waals surface area (Å²) in [6, 6.07) is 22.5. The number of nitrogens with zero attached hydrogens (tertiary/aromatic N) is 2. The summed E-state index contributed by atoms with van der Waals surface area (Å²) < 4.78 is 34.3. The van der Waals surface area contributed by atoms with Crippen molar-refractivity contribution in [1.29, 1.82) is 0 Å². The summed E-state index contributed by atoms with van der Waals surface area (Å²) in [4.78, 5) is 15.9. The van der Waals surface area contributed by atoms with Crippen LogP contribution in [-0.4, -0.2) is 52.5 Å². The summed E-state index contributed by atoms with van der Waals surface area (Å²) >= 11 is 0. The third-order valence-corrected chi connectivity index (χ3v) is 8.82. The van der Waals surface area contributed by atoms with E-state index < -0.39 is 10.0 Å². The van der Waals surface area contributed by atoms with Crippen molar-refractivity contribution in [1.82, 2.24) is 10.2 Å². The van der Waals surface area contributed by atoms with E-state index in [1.807, 2.05) is 30.3 Å². The summed E-state index contributed by atoms with van der Waals surface area (Å²) in [5.74, 6) is 1.07. The summed E-state index contributed by atoms with van der Waals surface area (Å²) in [6.07, 6.45) is 3.29. The van der Waals surface area contributed by atoms with Gasteiger partial charge in [-0.15, -0.1) is 0 Å². The fraction of sp³-hybridized carbons (Fsp3) is 0.367. The number of hydrogen-bond donors (Lipinski definition) is 1. The van der Waals surface area contributed by atoms with Crippen molar-refractivity contribution in [3.8, 4) is 5.75 Å². The van der Waals surface area contributed by atoms with E-state index in [1.165, 1.54) is 36.4 Å². The van der Waals surface area contributed by atoms with E-state index in [-0.39, 0.29) is 17.3 Å². The normalized spacial score (nSPS) is 14.7. The molecule has 4 rings (SSSR count). The number of piperidine rings is 1. The molecule has 3 aromatic rings. The van der Waals surface area contributed by atoms with Crippen LogP contribution in [0.3, 0.4) is 0 Å². The summed E-state index contributed by atoms with van der Waals surface area (Å²) in [6.45, 7) is 6.08. The lowest BCUT2D eigenvalue weighted by Gasteiger charge is -2.30. The second-order valence-corrected chi connectivity index (χ2v) is 11.7. The van der Waals surface area contributed by atoms with E-state index in [9.17, 15) is 13.2 Å². The van der Waals surface area contributed by atoms with E-state index in [1.54, 1.807) is 36.4 Å². The van der Waals surface area contributed by atoms with Crippen molar-refractivity contribution >= 4 is 21.6 Å². The maximum Gasteiger partial charge on any atom is 0.264 e. The minimum atomic E-state index is -3.99. The minimum Gasteiger partial charge on any atom is -0.497 e. The first-order valence-electron chi connectivity index (χ1n) is 13.2. The average Bonchev–Trinajstić information content (AvgIpc) is 2.95. The lowest BCUT2D eigenvalue weighted by atomic mass is 9.99. The molecule has 1 saturated heterocycles. The van der Waals surface area contributed by atoms with Gasteiger partial charge in [0, 0.05) is 6.54 Å². The van der Waals surface area contributed by atoms with Gasteiger partial charge in [0.1, 0.15) is 5.75 Å². The van der Waals surface area contributed by atoms with Crippen LogP contribution >= 0.6 is 0 Å². The van der Waals surface area contributed by atoms with Crippen molar-refractivity contribution < 1.29 is 17.9 Å². The second kappa shape index (κ2) is 12.9. The Labute approximate surface area is 226 Å². The van der Waals surface area contributed by atoms with Crippen LogP contribution in [0.1, 0.15) is 42.1 Å². The van der Waals surface area contributed by atoms with Gasteiger partial charge in [0.2, 0.25) is 0 Å². The molecule has 3 aromatic carbocycles. The van der Waals surface area contributed by atoms with E-state index in [0.29, 0.717) is 23.5 Å². The molecule has 1 aliphatic rings. The number of para-hydroxylation sites is 1. The zero-order valence-electron chi connectivity index (χ0n) is 22.2. The standard InChI is InChI=1S/C30H37N3O4S/c1-24-17-21-32(22-18-24)20-8-19-31-30(34)28-11-6-7-12-29(28)33(23-25-9-4-3-5-10-25)38(35,36)27-15-13-26(37-2)14-16-27/h3-7,9-16,24H,8,17-23H2,1-2H3,(H,31,34). The van der Waals surface area contributed by atoms with Crippen molar-refractivity contribution in [2.75, 3.05) is 37.6 Å². The highest BCUT2D eigenvalue weighted by Gasteiger charge is 2.28. The van der Waals surface area contributed by atoms with Crippen LogP contribution in [-0.2, 0) is 16.6 Å². The molecule has 7 nitrogen and oxygen atoms in total. The van der Waals surface area contributed by atoms with E-state index in [4.69, 9.17) is 4.74 Å². The molecule has 38 heavy (non-hydrogen) atoms. The van der Waals surface area contributed by atoms with Crippen LogP contribution in [0.2, 0.25) is 0 Å². The third kappa shape index (κ3) is 6.94. The molecule has 1 aliphatic heterocycles. The molecule has 1 heterocycles. The van der Waals surface area contributed by atoms with Crippen LogP contribution in [0, 0.1) is 5.92 Å². The maximum atomic E-state index is 13.9. The lowest BCUT2D eigenvalue weighted by molar-refractivity contribution is 0.0951. The Morgan fingerprint density at radius 2 is 1.63 bits per heavy atom. The molecule has 0 aromatic heterocycles. The molecule has 0 radical (unpaired) electrons. The van der Waals surface area contributed by atoms with Crippen molar-refractivity contribution in [3.63, 3.8) is 0 Å². The Hall–Kier alpha value is -3.36. The number of rotatable bonds is 11. The van der Waals surface area contributed by atoms with Crippen LogP contribution in [0.15, 0.2) is 83.8 Å². The van der Waals surface area contributed by atoms with Gasteiger partial charge in [-0.3, -0.25) is 9.10 Å². The molecule has 202 valence electrons. The highest BCUT2D eigenvalue weighted by atomic mass is 32.2.